The second-order valence-electron chi connectivity index (χ2n) is 11.5. The number of benzene rings is 5. The Balaban J connectivity index is 1.33. The number of nitrogens with zero attached hydrogens (tertiary/aromatic N) is 4. The minimum absolute atomic E-state index is 0.504. The fourth-order valence-electron chi connectivity index (χ4n) is 7.41. The third kappa shape index (κ3) is 3.66. The van der Waals surface area contributed by atoms with Gasteiger partial charge in [0.2, 0.25) is 0 Å². The Hall–Kier alpha value is -6.00. The number of anilines is 3. The van der Waals surface area contributed by atoms with Crippen molar-refractivity contribution >= 4 is 39.0 Å². The zero-order valence-electron chi connectivity index (χ0n) is 24.5. The van der Waals surface area contributed by atoms with Crippen molar-refractivity contribution in [3.63, 3.8) is 0 Å². The normalized spacial score (nSPS) is 13.5. The van der Waals surface area contributed by atoms with Gasteiger partial charge in [0, 0.05) is 11.6 Å². The van der Waals surface area contributed by atoms with E-state index in [-0.39, 0.29) is 0 Å². The smallest absolute Gasteiger partial charge is 0.0963 e. The predicted molar refractivity (Wildman–Crippen MR) is 183 cm³/mol. The Kier molecular flexibility index (Phi) is 5.69. The summed E-state index contributed by atoms with van der Waals surface area (Å²) in [6.07, 6.45) is 5.78. The molecule has 0 saturated heterocycles. The van der Waals surface area contributed by atoms with Crippen LogP contribution in [0, 0.1) is 0 Å². The molecule has 9 rings (SSSR count). The Labute approximate surface area is 261 Å². The van der Waals surface area contributed by atoms with Crippen molar-refractivity contribution in [1.29, 1.82) is 0 Å². The molecule has 1 aliphatic heterocycles. The molecular weight excluding hydrogens is 548 g/mol. The van der Waals surface area contributed by atoms with Crippen LogP contribution in [0.15, 0.2) is 170 Å². The maximum absolute atomic E-state index is 4.85. The third-order valence-corrected chi connectivity index (χ3v) is 9.16. The number of hydrogen-bond donors (Lipinski definition) is 0. The summed E-state index contributed by atoms with van der Waals surface area (Å²) in [5.41, 5.74) is 11.8. The van der Waals surface area contributed by atoms with E-state index in [1.54, 1.807) is 0 Å². The molecule has 0 atom stereocenters. The first-order chi connectivity index (χ1) is 22.4. The second-order valence-corrected chi connectivity index (χ2v) is 11.5. The summed E-state index contributed by atoms with van der Waals surface area (Å²) in [4.78, 5) is 12.0. The molecule has 0 spiro atoms. The monoisotopic (exact) mass is 576 g/mol. The molecule has 1 aliphatic rings. The van der Waals surface area contributed by atoms with Crippen LogP contribution in [0.1, 0.15) is 22.3 Å². The molecule has 4 heterocycles. The van der Waals surface area contributed by atoms with Gasteiger partial charge in [-0.05, 0) is 58.7 Å². The first-order valence-electron chi connectivity index (χ1n) is 15.3. The fraction of sp³-hybridized carbons (Fsp3) is 0.0244. The fourth-order valence-corrected chi connectivity index (χ4v) is 7.41. The summed E-state index contributed by atoms with van der Waals surface area (Å²) in [5.74, 6) is 0. The SMILES string of the molecule is c1ccc(C2(c3ccccc3)c3ccccc3N(c3cncc(-n4c5ccccc5c5ncccc54)c3)c3ccccc32)cc1. The van der Waals surface area contributed by atoms with Crippen molar-refractivity contribution in [2.45, 2.75) is 5.41 Å². The number of hydrogen-bond acceptors (Lipinski definition) is 3. The van der Waals surface area contributed by atoms with E-state index in [0.717, 1.165) is 44.7 Å². The van der Waals surface area contributed by atoms with E-state index in [0.29, 0.717) is 0 Å². The molecule has 4 heteroatoms. The van der Waals surface area contributed by atoms with Gasteiger partial charge in [0.25, 0.3) is 0 Å². The molecule has 0 amide bonds. The maximum atomic E-state index is 4.85. The summed E-state index contributed by atoms with van der Waals surface area (Å²) in [7, 11) is 0. The van der Waals surface area contributed by atoms with E-state index >= 15 is 0 Å². The van der Waals surface area contributed by atoms with Crippen LogP contribution in [-0.4, -0.2) is 14.5 Å². The van der Waals surface area contributed by atoms with Gasteiger partial charge in [-0.3, -0.25) is 9.97 Å². The molecular formula is C41H28N4. The van der Waals surface area contributed by atoms with E-state index in [4.69, 9.17) is 9.97 Å². The molecule has 0 aliphatic carbocycles. The number of pyridine rings is 2. The molecule has 0 unspecified atom stereocenters. The predicted octanol–water partition coefficient (Wildman–Crippen LogP) is 9.74. The van der Waals surface area contributed by atoms with E-state index in [1.165, 1.54) is 22.3 Å². The zero-order valence-corrected chi connectivity index (χ0v) is 24.5. The highest BCUT2D eigenvalue weighted by molar-refractivity contribution is 6.07. The summed E-state index contributed by atoms with van der Waals surface area (Å²) < 4.78 is 2.27. The molecule has 8 aromatic rings. The van der Waals surface area contributed by atoms with Gasteiger partial charge in [0.1, 0.15) is 0 Å². The van der Waals surface area contributed by atoms with Crippen LogP contribution in [-0.2, 0) is 5.41 Å². The standard InChI is InChI=1S/C41H28N4/c1-3-14-29(15-4-1)41(30-16-5-2-6-17-30)34-19-8-11-22-37(34)45(38-23-12-9-20-35(38)41)32-26-31(27-42-28-32)44-36-21-10-7-18-33(36)40-39(44)24-13-25-43-40/h1-28H. The van der Waals surface area contributed by atoms with Gasteiger partial charge >= 0.3 is 0 Å². The van der Waals surface area contributed by atoms with Gasteiger partial charge in [0.05, 0.1) is 57.1 Å². The highest BCUT2D eigenvalue weighted by atomic mass is 15.2. The lowest BCUT2D eigenvalue weighted by atomic mass is 9.62. The van der Waals surface area contributed by atoms with E-state index in [1.807, 2.05) is 24.7 Å². The van der Waals surface area contributed by atoms with Crippen LogP contribution in [0.5, 0.6) is 0 Å². The largest absolute Gasteiger partial charge is 0.308 e. The van der Waals surface area contributed by atoms with Crippen LogP contribution in [0.2, 0.25) is 0 Å². The van der Waals surface area contributed by atoms with Gasteiger partial charge in [-0.1, -0.05) is 115 Å². The molecule has 0 bridgehead atoms. The average molecular weight is 577 g/mol. The van der Waals surface area contributed by atoms with E-state index < -0.39 is 5.41 Å². The quantitative estimate of drug-likeness (QED) is 0.209. The zero-order chi connectivity index (χ0) is 29.8. The minimum Gasteiger partial charge on any atom is -0.308 e. The average Bonchev–Trinajstić information content (AvgIpc) is 3.46. The molecule has 0 saturated carbocycles. The van der Waals surface area contributed by atoms with Crippen molar-refractivity contribution in [2.24, 2.45) is 0 Å². The molecule has 45 heavy (non-hydrogen) atoms. The van der Waals surface area contributed by atoms with Gasteiger partial charge in [0.15, 0.2) is 0 Å². The highest BCUT2D eigenvalue weighted by Crippen LogP contribution is 2.57. The molecule has 0 radical (unpaired) electrons. The van der Waals surface area contributed by atoms with Crippen LogP contribution in [0.25, 0.3) is 27.6 Å². The Morgan fingerprint density at radius 3 is 1.73 bits per heavy atom. The van der Waals surface area contributed by atoms with Crippen molar-refractivity contribution in [2.75, 3.05) is 4.90 Å². The lowest BCUT2D eigenvalue weighted by Gasteiger charge is -2.46. The molecule has 212 valence electrons. The Bertz CT molecular complexity index is 2200. The summed E-state index contributed by atoms with van der Waals surface area (Å²) >= 11 is 0. The van der Waals surface area contributed by atoms with E-state index in [9.17, 15) is 0 Å². The molecule has 4 nitrogen and oxygen atoms in total. The van der Waals surface area contributed by atoms with Crippen molar-refractivity contribution in [3.8, 4) is 5.69 Å². The maximum Gasteiger partial charge on any atom is 0.0963 e. The molecule has 5 aromatic carbocycles. The minimum atomic E-state index is -0.504. The molecule has 0 fully saturated rings. The van der Waals surface area contributed by atoms with Crippen molar-refractivity contribution < 1.29 is 0 Å². The van der Waals surface area contributed by atoms with Gasteiger partial charge in [-0.25, -0.2) is 0 Å². The van der Waals surface area contributed by atoms with Crippen LogP contribution in [0.3, 0.4) is 0 Å². The number of aromatic nitrogens is 3. The van der Waals surface area contributed by atoms with Gasteiger partial charge in [-0.15, -0.1) is 0 Å². The number of para-hydroxylation sites is 3. The Morgan fingerprint density at radius 2 is 1.04 bits per heavy atom. The second kappa shape index (κ2) is 10.0. The van der Waals surface area contributed by atoms with Crippen LogP contribution >= 0.6 is 0 Å². The first kappa shape index (κ1) is 25.5. The summed E-state index contributed by atoms with van der Waals surface area (Å²) in [6, 6.07) is 54.3. The first-order valence-corrected chi connectivity index (χ1v) is 15.3. The van der Waals surface area contributed by atoms with Crippen molar-refractivity contribution in [1.82, 2.24) is 14.5 Å². The number of rotatable bonds is 4. The number of fused-ring (bicyclic) bond motifs is 5. The van der Waals surface area contributed by atoms with Crippen LogP contribution in [0.4, 0.5) is 17.1 Å². The van der Waals surface area contributed by atoms with E-state index in [2.05, 4.69) is 155 Å². The van der Waals surface area contributed by atoms with Gasteiger partial charge in [-0.2, -0.15) is 0 Å². The third-order valence-electron chi connectivity index (χ3n) is 9.16. The van der Waals surface area contributed by atoms with Crippen LogP contribution < -0.4 is 4.90 Å². The Morgan fingerprint density at radius 1 is 0.489 bits per heavy atom. The topological polar surface area (TPSA) is 34.0 Å². The lowest BCUT2D eigenvalue weighted by molar-refractivity contribution is 0.731. The summed E-state index contributed by atoms with van der Waals surface area (Å²) in [6.45, 7) is 0. The molecule has 0 N–H and O–H groups in total. The highest BCUT2D eigenvalue weighted by Gasteiger charge is 2.46. The van der Waals surface area contributed by atoms with Gasteiger partial charge < -0.3 is 9.47 Å². The van der Waals surface area contributed by atoms with Crippen molar-refractivity contribution in [3.05, 3.63) is 193 Å². The molecule has 3 aromatic heterocycles. The summed E-state index contributed by atoms with van der Waals surface area (Å²) in [5, 5.41) is 1.13. The lowest BCUT2D eigenvalue weighted by Crippen LogP contribution is -2.37.